The Bertz CT molecular complexity index is 1150. The number of nitrogens with one attached hydrogen (secondary N) is 1. The topological polar surface area (TPSA) is 125 Å². The molecule has 0 aliphatic carbocycles. The summed E-state index contributed by atoms with van der Waals surface area (Å²) in [7, 11) is 0. The van der Waals surface area contributed by atoms with Crippen LogP contribution in [0.2, 0.25) is 0 Å². The number of rotatable bonds is 5. The van der Waals surface area contributed by atoms with Gasteiger partial charge >= 0.3 is 6.09 Å². The first-order valence-electron chi connectivity index (χ1n) is 10.4. The highest BCUT2D eigenvalue weighted by atomic mass is 16.5. The molecular weight excluding hydrogens is 414 g/mol. The fourth-order valence-corrected chi connectivity index (χ4v) is 3.79. The fraction of sp³-hybridized carbons (Fsp3) is 0.381. The van der Waals surface area contributed by atoms with Gasteiger partial charge in [-0.2, -0.15) is 5.10 Å². The molecule has 2 N–H and O–H groups in total. The maximum Gasteiger partial charge on any atom is 0.407 e. The van der Waals surface area contributed by atoms with E-state index in [0.29, 0.717) is 49.2 Å². The molecule has 1 atom stereocenters. The van der Waals surface area contributed by atoms with Crippen molar-refractivity contribution in [1.29, 1.82) is 0 Å². The average molecular weight is 439 g/mol. The maximum atomic E-state index is 12.9. The number of hydrogen-bond acceptors (Lipinski definition) is 7. The predicted molar refractivity (Wildman–Crippen MR) is 117 cm³/mol. The van der Waals surface area contributed by atoms with E-state index in [-0.39, 0.29) is 11.9 Å². The monoisotopic (exact) mass is 439 g/mol. The van der Waals surface area contributed by atoms with Gasteiger partial charge in [-0.15, -0.1) is 10.2 Å². The summed E-state index contributed by atoms with van der Waals surface area (Å²) in [5.74, 6) is 1.00. The number of aryl methyl sites for hydroxylation is 1. The van der Waals surface area contributed by atoms with Gasteiger partial charge in [0.05, 0.1) is 29.6 Å². The Balaban J connectivity index is 1.48. The number of fused-ring (bicyclic) bond motifs is 1. The smallest absolute Gasteiger partial charge is 0.407 e. The molecule has 4 heterocycles. The van der Waals surface area contributed by atoms with E-state index in [2.05, 4.69) is 20.6 Å². The van der Waals surface area contributed by atoms with E-state index in [1.54, 1.807) is 28.9 Å². The van der Waals surface area contributed by atoms with Gasteiger partial charge in [0.25, 0.3) is 5.91 Å². The van der Waals surface area contributed by atoms with Crippen molar-refractivity contribution in [2.45, 2.75) is 26.8 Å². The number of piperazine rings is 1. The molecule has 1 unspecified atom stereocenters. The van der Waals surface area contributed by atoms with E-state index in [1.165, 1.54) is 4.90 Å². The number of amides is 2. The zero-order valence-corrected chi connectivity index (χ0v) is 18.1. The van der Waals surface area contributed by atoms with E-state index < -0.39 is 6.09 Å². The summed E-state index contributed by atoms with van der Waals surface area (Å²) < 4.78 is 7.31. The summed E-state index contributed by atoms with van der Waals surface area (Å²) in [6, 6.07) is 6.90. The summed E-state index contributed by atoms with van der Waals surface area (Å²) in [6.45, 7) is 7.45. The summed E-state index contributed by atoms with van der Waals surface area (Å²) in [5, 5.41) is 24.7. The third-order valence-corrected chi connectivity index (χ3v) is 5.32. The summed E-state index contributed by atoms with van der Waals surface area (Å²) in [6.07, 6.45) is 0.769. The van der Waals surface area contributed by atoms with E-state index in [9.17, 15) is 14.7 Å². The molecule has 0 radical (unpaired) electrons. The van der Waals surface area contributed by atoms with Gasteiger partial charge in [0, 0.05) is 25.7 Å². The van der Waals surface area contributed by atoms with Gasteiger partial charge < -0.3 is 25.0 Å². The van der Waals surface area contributed by atoms with Crippen LogP contribution in [0.3, 0.4) is 0 Å². The van der Waals surface area contributed by atoms with Gasteiger partial charge in [0.2, 0.25) is 0 Å². The number of carbonyl (C=O) groups excluding carboxylic acids is 1. The Labute approximate surface area is 184 Å². The third-order valence-electron chi connectivity index (χ3n) is 5.32. The van der Waals surface area contributed by atoms with Crippen molar-refractivity contribution in [2.75, 3.05) is 36.5 Å². The summed E-state index contributed by atoms with van der Waals surface area (Å²) >= 11 is 0. The molecule has 3 aromatic rings. The van der Waals surface area contributed by atoms with Crippen LogP contribution in [0.5, 0.6) is 5.75 Å². The molecule has 168 valence electrons. The first-order valence-corrected chi connectivity index (χ1v) is 10.4. The average Bonchev–Trinajstić information content (AvgIpc) is 3.12. The number of anilines is 2. The van der Waals surface area contributed by atoms with Crippen LogP contribution in [0.25, 0.3) is 5.52 Å². The van der Waals surface area contributed by atoms with Gasteiger partial charge in [0.15, 0.2) is 11.6 Å². The van der Waals surface area contributed by atoms with Crippen LogP contribution in [0.1, 0.15) is 29.9 Å². The molecule has 11 heteroatoms. The van der Waals surface area contributed by atoms with Crippen molar-refractivity contribution in [2.24, 2.45) is 0 Å². The molecule has 0 aromatic carbocycles. The second-order valence-corrected chi connectivity index (χ2v) is 7.64. The van der Waals surface area contributed by atoms with Crippen molar-refractivity contribution in [3.63, 3.8) is 0 Å². The Hall–Kier alpha value is -3.89. The summed E-state index contributed by atoms with van der Waals surface area (Å²) in [4.78, 5) is 27.6. The third kappa shape index (κ3) is 4.27. The molecule has 3 aromatic heterocycles. The van der Waals surface area contributed by atoms with Crippen LogP contribution in [0.15, 0.2) is 30.5 Å². The standard InChI is InChI=1S/C21H25N7O4/c1-4-32-17-12-28-15(9-13(2)25-28)10-16(17)20(29)22-18-5-6-19(24-23-18)26-7-8-27(21(30)31)14(3)11-26/h5-6,9-10,12,14H,4,7-8,11H2,1-3H3,(H,30,31)(H,22,23,29). The van der Waals surface area contributed by atoms with E-state index in [1.807, 2.05) is 31.7 Å². The number of hydrogen-bond donors (Lipinski definition) is 2. The number of ether oxygens (including phenoxy) is 1. The van der Waals surface area contributed by atoms with Crippen LogP contribution < -0.4 is 15.0 Å². The van der Waals surface area contributed by atoms with Crippen LogP contribution in [0.4, 0.5) is 16.4 Å². The van der Waals surface area contributed by atoms with Gasteiger partial charge in [-0.3, -0.25) is 4.79 Å². The van der Waals surface area contributed by atoms with Crippen molar-refractivity contribution in [3.05, 3.63) is 41.7 Å². The van der Waals surface area contributed by atoms with E-state index >= 15 is 0 Å². The Kier molecular flexibility index (Phi) is 5.80. The van der Waals surface area contributed by atoms with Crippen LogP contribution >= 0.6 is 0 Å². The minimum atomic E-state index is -0.919. The highest BCUT2D eigenvalue weighted by Crippen LogP contribution is 2.23. The van der Waals surface area contributed by atoms with Gasteiger partial charge in [-0.05, 0) is 45.0 Å². The molecule has 1 aliphatic heterocycles. The number of pyridine rings is 1. The molecule has 0 spiro atoms. The van der Waals surface area contributed by atoms with E-state index in [0.717, 1.165) is 11.2 Å². The molecule has 32 heavy (non-hydrogen) atoms. The largest absolute Gasteiger partial charge is 0.491 e. The number of carboxylic acid groups (broad SMARTS) is 1. The molecule has 1 saturated heterocycles. The highest BCUT2D eigenvalue weighted by molar-refractivity contribution is 6.06. The fourth-order valence-electron chi connectivity index (χ4n) is 3.79. The second-order valence-electron chi connectivity index (χ2n) is 7.64. The van der Waals surface area contributed by atoms with Crippen molar-refractivity contribution in [1.82, 2.24) is 24.7 Å². The molecular formula is C21H25N7O4. The van der Waals surface area contributed by atoms with Crippen LogP contribution in [-0.2, 0) is 0 Å². The molecule has 4 rings (SSSR count). The zero-order valence-electron chi connectivity index (χ0n) is 18.1. The van der Waals surface area contributed by atoms with Crippen LogP contribution in [0, 0.1) is 6.92 Å². The number of nitrogens with zero attached hydrogens (tertiary/aromatic N) is 6. The number of aromatic nitrogens is 4. The summed E-state index contributed by atoms with van der Waals surface area (Å²) in [5.41, 5.74) is 2.00. The Morgan fingerprint density at radius 1 is 1.25 bits per heavy atom. The minimum absolute atomic E-state index is 0.151. The lowest BCUT2D eigenvalue weighted by Gasteiger charge is -2.38. The molecule has 11 nitrogen and oxygen atoms in total. The lowest BCUT2D eigenvalue weighted by Crippen LogP contribution is -2.54. The molecule has 1 aliphatic rings. The minimum Gasteiger partial charge on any atom is -0.491 e. The molecule has 0 saturated carbocycles. The lowest BCUT2D eigenvalue weighted by atomic mass is 10.2. The van der Waals surface area contributed by atoms with Gasteiger partial charge in [-0.25, -0.2) is 9.31 Å². The van der Waals surface area contributed by atoms with Crippen molar-refractivity contribution < 1.29 is 19.4 Å². The molecule has 2 amide bonds. The normalized spacial score (nSPS) is 16.3. The molecule has 1 fully saturated rings. The maximum absolute atomic E-state index is 12.9. The van der Waals surface area contributed by atoms with Gasteiger partial charge in [-0.1, -0.05) is 0 Å². The Morgan fingerprint density at radius 2 is 2.06 bits per heavy atom. The lowest BCUT2D eigenvalue weighted by molar-refractivity contribution is 0.102. The SMILES string of the molecule is CCOc1cn2nc(C)cc2cc1C(=O)Nc1ccc(N2CCN(C(=O)O)C(C)C2)nn1. The predicted octanol–water partition coefficient (Wildman–Crippen LogP) is 2.27. The Morgan fingerprint density at radius 3 is 2.72 bits per heavy atom. The van der Waals surface area contributed by atoms with Crippen molar-refractivity contribution >= 4 is 29.2 Å². The van der Waals surface area contributed by atoms with E-state index in [4.69, 9.17) is 4.74 Å². The van der Waals surface area contributed by atoms with Crippen LogP contribution in [-0.4, -0.2) is 74.1 Å². The highest BCUT2D eigenvalue weighted by Gasteiger charge is 2.28. The first-order chi connectivity index (χ1) is 15.4. The molecule has 0 bridgehead atoms. The quantitative estimate of drug-likeness (QED) is 0.620. The zero-order chi connectivity index (χ0) is 22.8. The van der Waals surface area contributed by atoms with Crippen molar-refractivity contribution in [3.8, 4) is 5.75 Å². The second kappa shape index (κ2) is 8.69. The number of carbonyl (C=O) groups is 2. The first kappa shape index (κ1) is 21.3. The van der Waals surface area contributed by atoms with Gasteiger partial charge in [0.1, 0.15) is 5.75 Å².